The van der Waals surface area contributed by atoms with Crippen molar-refractivity contribution in [1.29, 1.82) is 0 Å². The quantitative estimate of drug-likeness (QED) is 0.253. The third-order valence-electron chi connectivity index (χ3n) is 5.48. The normalized spacial score (nSPS) is 13.2. The van der Waals surface area contributed by atoms with Gasteiger partial charge in [-0.2, -0.15) is 0 Å². The van der Waals surface area contributed by atoms with Crippen LogP contribution in [0.2, 0.25) is 0 Å². The fraction of sp³-hybridized carbons (Fsp3) is 0.360. The number of nitrogens with zero attached hydrogens (tertiary/aromatic N) is 1. The van der Waals surface area contributed by atoms with E-state index in [4.69, 9.17) is 17.0 Å². The minimum absolute atomic E-state index is 0.0680. The first-order valence-electron chi connectivity index (χ1n) is 10.5. The lowest BCUT2D eigenvalue weighted by Crippen LogP contribution is -2.32. The summed E-state index contributed by atoms with van der Waals surface area (Å²) in [6.07, 6.45) is 0. The van der Waals surface area contributed by atoms with Crippen molar-refractivity contribution in [3.8, 4) is 0 Å². The molecule has 5 nitrogen and oxygen atoms in total. The molecule has 0 bridgehead atoms. The molecule has 1 aliphatic heterocycles. The second-order valence-corrected chi connectivity index (χ2v) is 8.84. The van der Waals surface area contributed by atoms with Crippen LogP contribution in [0.15, 0.2) is 30.3 Å². The molecule has 0 aromatic heterocycles. The molecule has 0 fully saturated rings. The third-order valence-corrected chi connectivity index (χ3v) is 5.70. The predicted octanol–water partition coefficient (Wildman–Crippen LogP) is 5.65. The number of para-hydroxylation sites is 1. The number of imide groups is 1. The fourth-order valence-corrected chi connectivity index (χ4v) is 4.18. The Morgan fingerprint density at radius 3 is 2.06 bits per heavy atom. The average molecular weight is 438 g/mol. The van der Waals surface area contributed by atoms with Crippen molar-refractivity contribution in [3.05, 3.63) is 63.7 Å². The van der Waals surface area contributed by atoms with Gasteiger partial charge in [-0.1, -0.05) is 64.2 Å². The van der Waals surface area contributed by atoms with Gasteiger partial charge in [0.05, 0.1) is 29.0 Å². The standard InChI is InChI=1S/C25H27NO4S/c1-7-30-25(29)21-18(15(6)31)11-12-19-20(21)24(28)26(23(19)27)22-16(13(2)3)9-8-10-17(22)14(4)5/h8-14H,7H2,1-6H3. The molecule has 31 heavy (non-hydrogen) atoms. The lowest BCUT2D eigenvalue weighted by Gasteiger charge is -2.25. The van der Waals surface area contributed by atoms with Crippen LogP contribution in [-0.4, -0.2) is 29.3 Å². The SMILES string of the molecule is CCOC(=O)c1c(C(C)=S)ccc2c1C(=O)N(c1c(C(C)C)cccc1C(C)C)C2=O. The fourth-order valence-electron chi connectivity index (χ4n) is 4.01. The van der Waals surface area contributed by atoms with Crippen molar-refractivity contribution in [2.75, 3.05) is 11.5 Å². The lowest BCUT2D eigenvalue weighted by molar-refractivity contribution is 0.0523. The molecule has 0 unspecified atom stereocenters. The number of thiocarbonyl (C=S) groups is 1. The van der Waals surface area contributed by atoms with Crippen molar-refractivity contribution in [2.24, 2.45) is 0 Å². The van der Waals surface area contributed by atoms with Gasteiger partial charge in [0.15, 0.2) is 0 Å². The van der Waals surface area contributed by atoms with Crippen molar-refractivity contribution in [2.45, 2.75) is 53.4 Å². The summed E-state index contributed by atoms with van der Waals surface area (Å²) in [5.41, 5.74) is 3.19. The van der Waals surface area contributed by atoms with Crippen LogP contribution in [0.3, 0.4) is 0 Å². The molecule has 2 aromatic carbocycles. The van der Waals surface area contributed by atoms with E-state index in [-0.39, 0.29) is 35.1 Å². The van der Waals surface area contributed by atoms with Crippen LogP contribution >= 0.6 is 12.2 Å². The van der Waals surface area contributed by atoms with E-state index in [0.29, 0.717) is 16.1 Å². The first-order valence-corrected chi connectivity index (χ1v) is 10.9. The van der Waals surface area contributed by atoms with Crippen LogP contribution < -0.4 is 4.90 Å². The summed E-state index contributed by atoms with van der Waals surface area (Å²) in [7, 11) is 0. The van der Waals surface area contributed by atoms with Crippen molar-refractivity contribution >= 4 is 40.6 Å². The molecule has 1 heterocycles. The van der Waals surface area contributed by atoms with Crippen LogP contribution in [0.5, 0.6) is 0 Å². The number of benzene rings is 2. The smallest absolute Gasteiger partial charge is 0.339 e. The zero-order valence-electron chi connectivity index (χ0n) is 18.7. The average Bonchev–Trinajstić information content (AvgIpc) is 2.96. The monoisotopic (exact) mass is 437 g/mol. The molecule has 0 N–H and O–H groups in total. The number of amides is 2. The molecular weight excluding hydrogens is 410 g/mol. The Bertz CT molecular complexity index is 1070. The summed E-state index contributed by atoms with van der Waals surface area (Å²) in [4.78, 5) is 41.7. The third kappa shape index (κ3) is 3.81. The van der Waals surface area contributed by atoms with Gasteiger partial charge in [-0.3, -0.25) is 9.59 Å². The van der Waals surface area contributed by atoms with Gasteiger partial charge in [-0.15, -0.1) is 0 Å². The first kappa shape index (κ1) is 22.8. The number of anilines is 1. The van der Waals surface area contributed by atoms with Crippen LogP contribution in [0.4, 0.5) is 5.69 Å². The minimum Gasteiger partial charge on any atom is -0.462 e. The Morgan fingerprint density at radius 2 is 1.58 bits per heavy atom. The van der Waals surface area contributed by atoms with Gasteiger partial charge >= 0.3 is 5.97 Å². The largest absolute Gasteiger partial charge is 0.462 e. The maximum atomic E-state index is 13.7. The number of hydrogen-bond donors (Lipinski definition) is 0. The zero-order chi connectivity index (χ0) is 23.0. The van der Waals surface area contributed by atoms with Crippen molar-refractivity contribution in [1.82, 2.24) is 0 Å². The van der Waals surface area contributed by atoms with E-state index in [1.54, 1.807) is 26.0 Å². The van der Waals surface area contributed by atoms with E-state index in [2.05, 4.69) is 0 Å². The number of rotatable bonds is 6. The molecule has 2 aromatic rings. The van der Waals surface area contributed by atoms with E-state index >= 15 is 0 Å². The summed E-state index contributed by atoms with van der Waals surface area (Å²) < 4.78 is 5.21. The number of carbonyl (C=O) groups is 3. The Balaban J connectivity index is 2.31. The molecule has 0 radical (unpaired) electrons. The highest BCUT2D eigenvalue weighted by atomic mass is 32.1. The second kappa shape index (κ2) is 8.71. The van der Waals surface area contributed by atoms with Gasteiger partial charge in [0, 0.05) is 10.4 Å². The minimum atomic E-state index is -0.650. The maximum Gasteiger partial charge on any atom is 0.339 e. The molecule has 0 spiro atoms. The van der Waals surface area contributed by atoms with Crippen LogP contribution in [0.1, 0.15) is 101 Å². The molecule has 0 aliphatic carbocycles. The Hall–Kier alpha value is -2.86. The Morgan fingerprint density at radius 1 is 1.00 bits per heavy atom. The Kier molecular flexibility index (Phi) is 6.41. The highest BCUT2D eigenvalue weighted by molar-refractivity contribution is 7.80. The van der Waals surface area contributed by atoms with Gasteiger partial charge < -0.3 is 4.74 Å². The van der Waals surface area contributed by atoms with Gasteiger partial charge in [0.2, 0.25) is 0 Å². The van der Waals surface area contributed by atoms with Crippen LogP contribution in [0.25, 0.3) is 0 Å². The number of fused-ring (bicyclic) bond motifs is 1. The molecule has 6 heteroatoms. The number of ether oxygens (including phenoxy) is 1. The number of esters is 1. The molecule has 0 saturated carbocycles. The summed E-state index contributed by atoms with van der Waals surface area (Å²) in [5.74, 6) is -1.41. The van der Waals surface area contributed by atoms with E-state index in [9.17, 15) is 14.4 Å². The van der Waals surface area contributed by atoms with Crippen molar-refractivity contribution in [3.63, 3.8) is 0 Å². The van der Waals surface area contributed by atoms with Gasteiger partial charge in [0.1, 0.15) is 0 Å². The van der Waals surface area contributed by atoms with E-state index in [0.717, 1.165) is 11.1 Å². The summed E-state index contributed by atoms with van der Waals surface area (Å²) in [6.45, 7) is 11.6. The maximum absolute atomic E-state index is 13.7. The highest BCUT2D eigenvalue weighted by Gasteiger charge is 2.43. The van der Waals surface area contributed by atoms with Gasteiger partial charge in [0.25, 0.3) is 11.8 Å². The van der Waals surface area contributed by atoms with Gasteiger partial charge in [-0.25, -0.2) is 9.69 Å². The topological polar surface area (TPSA) is 63.7 Å². The number of carbonyl (C=O) groups excluding carboxylic acids is 3. The van der Waals surface area contributed by atoms with Crippen LogP contribution in [0, 0.1) is 0 Å². The van der Waals surface area contributed by atoms with E-state index < -0.39 is 17.8 Å². The second-order valence-electron chi connectivity index (χ2n) is 8.23. The molecule has 1 aliphatic rings. The van der Waals surface area contributed by atoms with Gasteiger partial charge in [-0.05, 0) is 42.9 Å². The lowest BCUT2D eigenvalue weighted by atomic mass is 9.92. The molecule has 0 saturated heterocycles. The zero-order valence-corrected chi connectivity index (χ0v) is 19.6. The van der Waals surface area contributed by atoms with Crippen molar-refractivity contribution < 1.29 is 19.1 Å². The van der Waals surface area contributed by atoms with E-state index in [1.165, 1.54) is 4.90 Å². The molecular formula is C25H27NO4S. The summed E-state index contributed by atoms with van der Waals surface area (Å²) >= 11 is 5.31. The van der Waals surface area contributed by atoms with E-state index in [1.807, 2.05) is 45.9 Å². The summed E-state index contributed by atoms with van der Waals surface area (Å²) in [5, 5.41) is 0. The molecule has 0 atom stereocenters. The Labute approximate surface area is 188 Å². The summed E-state index contributed by atoms with van der Waals surface area (Å²) in [6, 6.07) is 9.03. The number of hydrogen-bond acceptors (Lipinski definition) is 5. The predicted molar refractivity (Wildman–Crippen MR) is 126 cm³/mol. The molecule has 3 rings (SSSR count). The highest BCUT2D eigenvalue weighted by Crippen LogP contribution is 2.40. The first-order chi connectivity index (χ1) is 14.6. The molecule has 2 amide bonds. The molecule has 162 valence electrons. The van der Waals surface area contributed by atoms with Crippen LogP contribution in [-0.2, 0) is 4.74 Å².